The topological polar surface area (TPSA) is 67.6 Å². The first-order chi connectivity index (χ1) is 12.8. The molecule has 0 spiro atoms. The molecule has 7 nitrogen and oxygen atoms in total. The van der Waals surface area contributed by atoms with Gasteiger partial charge in [0, 0.05) is 62.7 Å². The zero-order chi connectivity index (χ0) is 17.5. The van der Waals surface area contributed by atoms with Gasteiger partial charge < -0.3 is 15.0 Å². The normalized spacial score (nSPS) is 30.0. The summed E-state index contributed by atoms with van der Waals surface area (Å²) in [6.45, 7) is 2.78. The van der Waals surface area contributed by atoms with Gasteiger partial charge in [-0.15, -0.1) is 0 Å². The molecule has 5 rings (SSSR count). The Bertz CT molecular complexity index is 786. The van der Waals surface area contributed by atoms with E-state index in [2.05, 4.69) is 31.2 Å². The molecule has 3 aliphatic rings. The highest BCUT2D eigenvalue weighted by atomic mass is 16.5. The van der Waals surface area contributed by atoms with Crippen molar-refractivity contribution in [1.82, 2.24) is 24.8 Å². The van der Waals surface area contributed by atoms with E-state index in [1.165, 1.54) is 12.8 Å². The summed E-state index contributed by atoms with van der Waals surface area (Å²) in [7, 11) is 1.86. The van der Waals surface area contributed by atoms with E-state index in [-0.39, 0.29) is 0 Å². The van der Waals surface area contributed by atoms with Crippen molar-refractivity contribution in [2.24, 2.45) is 16.8 Å². The van der Waals surface area contributed by atoms with Crippen molar-refractivity contribution < 1.29 is 4.74 Å². The van der Waals surface area contributed by atoms with Crippen LogP contribution in [0.1, 0.15) is 18.4 Å². The molecule has 0 aliphatic carbocycles. The largest absolute Gasteiger partial charge is 0.374 e. The number of hydrogen-bond acceptors (Lipinski definition) is 4. The molecule has 4 unspecified atom stereocenters. The van der Waals surface area contributed by atoms with Crippen LogP contribution in [0, 0.1) is 11.8 Å². The van der Waals surface area contributed by atoms with Gasteiger partial charge in [-0.05, 0) is 18.9 Å². The van der Waals surface area contributed by atoms with Crippen LogP contribution in [0.3, 0.4) is 0 Å². The van der Waals surface area contributed by atoms with Gasteiger partial charge in [0.05, 0.1) is 12.2 Å². The fraction of sp³-hybridized carbons (Fsp3) is 0.526. The van der Waals surface area contributed by atoms with Crippen LogP contribution in [0.4, 0.5) is 0 Å². The number of guanidine groups is 1. The van der Waals surface area contributed by atoms with E-state index in [4.69, 9.17) is 4.74 Å². The summed E-state index contributed by atoms with van der Waals surface area (Å²) in [6, 6.07) is 4.06. The molecule has 0 saturated carbocycles. The number of pyridine rings is 1. The van der Waals surface area contributed by atoms with E-state index in [0.717, 1.165) is 30.4 Å². The molecule has 3 aliphatic heterocycles. The van der Waals surface area contributed by atoms with Crippen LogP contribution in [-0.4, -0.2) is 57.7 Å². The van der Waals surface area contributed by atoms with Crippen molar-refractivity contribution in [3.63, 3.8) is 0 Å². The Balaban J connectivity index is 1.28. The minimum absolute atomic E-state index is 0.472. The average Bonchev–Trinajstić information content (AvgIpc) is 3.44. The van der Waals surface area contributed by atoms with Gasteiger partial charge in [-0.1, -0.05) is 6.07 Å². The van der Waals surface area contributed by atoms with Crippen LogP contribution in [0.5, 0.6) is 0 Å². The summed E-state index contributed by atoms with van der Waals surface area (Å²) in [6.07, 6.45) is 10.7. The van der Waals surface area contributed by atoms with E-state index in [1.807, 2.05) is 30.1 Å². The SMILES string of the molecule is CN=C(NCc1cccnc1-n1ccnc1)N1CC2C3CCC(O3)C2C1. The van der Waals surface area contributed by atoms with Gasteiger partial charge in [0.25, 0.3) is 0 Å². The molecule has 4 atom stereocenters. The van der Waals surface area contributed by atoms with Crippen LogP contribution in [-0.2, 0) is 11.3 Å². The number of nitrogens with one attached hydrogen (secondary N) is 1. The highest BCUT2D eigenvalue weighted by Crippen LogP contribution is 2.47. The van der Waals surface area contributed by atoms with Crippen molar-refractivity contribution in [2.45, 2.75) is 31.6 Å². The Kier molecular flexibility index (Phi) is 3.89. The van der Waals surface area contributed by atoms with Crippen LogP contribution < -0.4 is 5.32 Å². The second-order valence-corrected chi connectivity index (χ2v) is 7.38. The van der Waals surface area contributed by atoms with Gasteiger partial charge in [0.1, 0.15) is 12.1 Å². The standard InChI is InChI=1S/C19H24N6O/c1-20-19(25-10-14-15(11-25)17-5-4-16(14)26-17)23-9-13-3-2-6-22-18(13)24-8-7-21-12-24/h2-3,6-8,12,14-17H,4-5,9-11H2,1H3,(H,20,23). The molecule has 2 aromatic rings. The number of nitrogens with zero attached hydrogens (tertiary/aromatic N) is 5. The maximum atomic E-state index is 6.08. The van der Waals surface area contributed by atoms with E-state index >= 15 is 0 Å². The predicted molar refractivity (Wildman–Crippen MR) is 98.0 cm³/mol. The highest BCUT2D eigenvalue weighted by Gasteiger charge is 2.53. The van der Waals surface area contributed by atoms with Crippen molar-refractivity contribution in [2.75, 3.05) is 20.1 Å². The zero-order valence-corrected chi connectivity index (χ0v) is 15.0. The Labute approximate surface area is 153 Å². The fourth-order valence-corrected chi connectivity index (χ4v) is 4.82. The molecule has 136 valence electrons. The molecular weight excluding hydrogens is 328 g/mol. The molecule has 3 saturated heterocycles. The lowest BCUT2D eigenvalue weighted by Gasteiger charge is -2.23. The molecule has 2 aromatic heterocycles. The predicted octanol–water partition coefficient (Wildman–Crippen LogP) is 1.45. The maximum absolute atomic E-state index is 6.08. The van der Waals surface area contributed by atoms with Crippen LogP contribution >= 0.6 is 0 Å². The summed E-state index contributed by atoms with van der Waals surface area (Å²) in [4.78, 5) is 15.6. The Morgan fingerprint density at radius 3 is 2.77 bits per heavy atom. The van der Waals surface area contributed by atoms with Crippen molar-refractivity contribution in [3.8, 4) is 5.82 Å². The molecule has 0 aromatic carbocycles. The number of imidazole rings is 1. The van der Waals surface area contributed by atoms with Gasteiger partial charge in [0.2, 0.25) is 0 Å². The van der Waals surface area contributed by atoms with Gasteiger partial charge in [-0.25, -0.2) is 9.97 Å². The number of likely N-dealkylation sites (tertiary alicyclic amines) is 1. The van der Waals surface area contributed by atoms with Crippen LogP contribution in [0.15, 0.2) is 42.0 Å². The first kappa shape index (κ1) is 15.8. The van der Waals surface area contributed by atoms with Gasteiger partial charge in [-0.3, -0.25) is 9.56 Å². The van der Waals surface area contributed by atoms with Crippen LogP contribution in [0.2, 0.25) is 0 Å². The molecule has 1 N–H and O–H groups in total. The monoisotopic (exact) mass is 352 g/mol. The Morgan fingerprint density at radius 1 is 1.27 bits per heavy atom. The summed E-state index contributed by atoms with van der Waals surface area (Å²) < 4.78 is 8.02. The third-order valence-electron chi connectivity index (χ3n) is 6.02. The third-order valence-corrected chi connectivity index (χ3v) is 6.02. The number of hydrogen-bond donors (Lipinski definition) is 1. The second-order valence-electron chi connectivity index (χ2n) is 7.38. The smallest absolute Gasteiger partial charge is 0.193 e. The molecular formula is C19H24N6O. The Morgan fingerprint density at radius 2 is 2.08 bits per heavy atom. The van der Waals surface area contributed by atoms with Crippen molar-refractivity contribution >= 4 is 5.96 Å². The number of ether oxygens (including phenoxy) is 1. The minimum Gasteiger partial charge on any atom is -0.374 e. The summed E-state index contributed by atoms with van der Waals surface area (Å²) in [5, 5.41) is 3.53. The van der Waals surface area contributed by atoms with Gasteiger partial charge in [0.15, 0.2) is 5.96 Å². The molecule has 26 heavy (non-hydrogen) atoms. The van der Waals surface area contributed by atoms with Gasteiger partial charge in [-0.2, -0.15) is 0 Å². The lowest BCUT2D eigenvalue weighted by Crippen LogP contribution is -2.41. The molecule has 0 radical (unpaired) electrons. The van der Waals surface area contributed by atoms with Crippen molar-refractivity contribution in [3.05, 3.63) is 42.6 Å². The molecule has 7 heteroatoms. The van der Waals surface area contributed by atoms with E-state index in [0.29, 0.717) is 30.6 Å². The molecule has 3 fully saturated rings. The lowest BCUT2D eigenvalue weighted by atomic mass is 9.82. The highest BCUT2D eigenvalue weighted by molar-refractivity contribution is 5.80. The number of fused-ring (bicyclic) bond motifs is 5. The van der Waals surface area contributed by atoms with Crippen molar-refractivity contribution in [1.29, 1.82) is 0 Å². The van der Waals surface area contributed by atoms with Crippen LogP contribution in [0.25, 0.3) is 5.82 Å². The zero-order valence-electron chi connectivity index (χ0n) is 15.0. The van der Waals surface area contributed by atoms with Gasteiger partial charge >= 0.3 is 0 Å². The summed E-state index contributed by atoms with van der Waals surface area (Å²) in [5.74, 6) is 3.22. The lowest BCUT2D eigenvalue weighted by molar-refractivity contribution is 0.0767. The average molecular weight is 352 g/mol. The number of aliphatic imine (C=N–C) groups is 1. The number of rotatable bonds is 3. The summed E-state index contributed by atoms with van der Waals surface area (Å²) >= 11 is 0. The first-order valence-electron chi connectivity index (χ1n) is 9.37. The molecule has 2 bridgehead atoms. The van der Waals surface area contributed by atoms with E-state index in [9.17, 15) is 0 Å². The molecule has 0 amide bonds. The molecule has 5 heterocycles. The van der Waals surface area contributed by atoms with E-state index in [1.54, 1.807) is 12.5 Å². The summed E-state index contributed by atoms with van der Waals surface area (Å²) in [5.41, 5.74) is 1.12. The Hall–Kier alpha value is -2.41. The third kappa shape index (κ3) is 2.58. The first-order valence-corrected chi connectivity index (χ1v) is 9.37. The number of aromatic nitrogens is 3. The minimum atomic E-state index is 0.472. The fourth-order valence-electron chi connectivity index (χ4n) is 4.82. The van der Waals surface area contributed by atoms with E-state index < -0.39 is 0 Å². The quantitative estimate of drug-likeness (QED) is 0.669. The maximum Gasteiger partial charge on any atom is 0.193 e. The second kappa shape index (κ2) is 6.39.